The van der Waals surface area contributed by atoms with Crippen LogP contribution in [0.2, 0.25) is 0 Å². The van der Waals surface area contributed by atoms with Crippen LogP contribution in [0.1, 0.15) is 51.4 Å². The summed E-state index contributed by atoms with van der Waals surface area (Å²) in [5.41, 5.74) is 3.94. The van der Waals surface area contributed by atoms with Gasteiger partial charge in [0.15, 0.2) is 23.1 Å². The van der Waals surface area contributed by atoms with Gasteiger partial charge in [0, 0.05) is 22.3 Å². The first-order chi connectivity index (χ1) is 26.9. The molecule has 0 radical (unpaired) electrons. The fourth-order valence-electron chi connectivity index (χ4n) is 7.96. The Hall–Kier alpha value is -6.66. The lowest BCUT2D eigenvalue weighted by Gasteiger charge is -2.04. The lowest BCUT2D eigenvalue weighted by Crippen LogP contribution is -2.00. The number of allylic oxidation sites excluding steroid dienone is 2. The number of rotatable bonds is 2. The third-order valence-electron chi connectivity index (χ3n) is 10.6. The molecule has 0 N–H and O–H groups in total. The van der Waals surface area contributed by atoms with E-state index in [1.165, 1.54) is 22.7 Å². The quantitative estimate of drug-likeness (QED) is 0.0970. The van der Waals surface area contributed by atoms with Gasteiger partial charge in [0.25, 0.3) is 0 Å². The minimum atomic E-state index is -0.334. The van der Waals surface area contributed by atoms with Crippen LogP contribution in [0.3, 0.4) is 0 Å². The molecule has 12 rings (SSSR count). The second-order valence-corrected chi connectivity index (χ2v) is 16.3. The van der Waals surface area contributed by atoms with Gasteiger partial charge in [0.2, 0.25) is 0 Å². The molecule has 3 aromatic heterocycles. The van der Waals surface area contributed by atoms with Gasteiger partial charge in [-0.2, -0.15) is 8.75 Å². The van der Waals surface area contributed by atoms with Gasteiger partial charge in [0.05, 0.1) is 32.3 Å². The number of fused-ring (bicyclic) bond motifs is 12. The first kappa shape index (κ1) is 30.8. The molecule has 7 aromatic carbocycles. The zero-order valence-electron chi connectivity index (χ0n) is 28.0. The number of thiazole rings is 2. The molecule has 2 aliphatic rings. The summed E-state index contributed by atoms with van der Waals surface area (Å²) in [7, 11) is 0. The standard InChI is InChI=1S/C44H18N4O4S3/c49-39-27-13-23-9-19-5-1-2-6-20(19)10-24(23)14-28(27)40(50)31(39)17-33-45-37-35-36(48-55-47-35)38-44(43(37)53-33)54-34(46-38)18-32-41(51)29-15-25-11-21-7-3-4-8-22(21)12-26(25)16-30(29)42(32)52/h1-18H. The number of benzene rings is 7. The minimum Gasteiger partial charge on any atom is -0.288 e. The van der Waals surface area contributed by atoms with E-state index in [-0.39, 0.29) is 34.3 Å². The highest BCUT2D eigenvalue weighted by atomic mass is 32.1. The summed E-state index contributed by atoms with van der Waals surface area (Å²) in [5.74, 6) is -1.33. The van der Waals surface area contributed by atoms with Crippen LogP contribution in [0.4, 0.5) is 0 Å². The molecule has 10 aromatic rings. The number of aromatic nitrogens is 4. The topological polar surface area (TPSA) is 120 Å². The Balaban J connectivity index is 0.950. The normalized spacial score (nSPS) is 14.3. The van der Waals surface area contributed by atoms with Crippen molar-refractivity contribution in [3.63, 3.8) is 0 Å². The number of hydrogen-bond donors (Lipinski definition) is 0. The van der Waals surface area contributed by atoms with E-state index >= 15 is 0 Å². The lowest BCUT2D eigenvalue weighted by atomic mass is 9.99. The molecule has 3 heterocycles. The molecule has 0 saturated heterocycles. The summed E-state index contributed by atoms with van der Waals surface area (Å²) in [6, 6.07) is 31.4. The van der Waals surface area contributed by atoms with Crippen LogP contribution in [0, 0.1) is 0 Å². The van der Waals surface area contributed by atoms with Crippen molar-refractivity contribution < 1.29 is 19.2 Å². The molecule has 0 amide bonds. The number of ketones is 4. The number of carbonyl (C=O) groups is 4. The van der Waals surface area contributed by atoms with E-state index in [1.54, 1.807) is 36.4 Å². The number of carbonyl (C=O) groups excluding carboxylic acids is 4. The van der Waals surface area contributed by atoms with E-state index in [0.717, 1.165) is 64.2 Å². The van der Waals surface area contributed by atoms with Crippen LogP contribution < -0.4 is 0 Å². The highest BCUT2D eigenvalue weighted by Gasteiger charge is 2.35. The summed E-state index contributed by atoms with van der Waals surface area (Å²) in [6.07, 6.45) is 3.13. The average molecular weight is 763 g/mol. The van der Waals surface area contributed by atoms with Crippen LogP contribution in [-0.2, 0) is 0 Å². The minimum absolute atomic E-state index is 0.0612. The molecule has 2 aliphatic carbocycles. The largest absolute Gasteiger partial charge is 0.288 e. The third kappa shape index (κ3) is 4.36. The van der Waals surface area contributed by atoms with E-state index in [9.17, 15) is 19.2 Å². The summed E-state index contributed by atoms with van der Waals surface area (Å²) in [6.45, 7) is 0. The molecule has 8 nitrogen and oxygen atoms in total. The molecule has 55 heavy (non-hydrogen) atoms. The van der Waals surface area contributed by atoms with Crippen LogP contribution >= 0.6 is 34.4 Å². The van der Waals surface area contributed by atoms with Gasteiger partial charge >= 0.3 is 0 Å². The van der Waals surface area contributed by atoms with Crippen molar-refractivity contribution in [1.82, 2.24) is 18.7 Å². The Morgan fingerprint density at radius 1 is 0.400 bits per heavy atom. The van der Waals surface area contributed by atoms with Gasteiger partial charge in [0.1, 0.15) is 32.1 Å². The molecular weight excluding hydrogens is 745 g/mol. The molecule has 0 bridgehead atoms. The molecular formula is C44H18N4O4S3. The maximum Gasteiger partial charge on any atom is 0.197 e. The maximum absolute atomic E-state index is 13.7. The molecule has 0 spiro atoms. The second kappa shape index (κ2) is 11.0. The Kier molecular flexibility index (Phi) is 6.13. The average Bonchev–Trinajstić information content (AvgIpc) is 4.02. The molecule has 0 atom stereocenters. The van der Waals surface area contributed by atoms with E-state index in [2.05, 4.69) is 8.75 Å². The Labute approximate surface area is 321 Å². The highest BCUT2D eigenvalue weighted by Crippen LogP contribution is 2.42. The Morgan fingerprint density at radius 2 is 0.727 bits per heavy atom. The van der Waals surface area contributed by atoms with Gasteiger partial charge in [-0.05, 0) is 104 Å². The van der Waals surface area contributed by atoms with Crippen molar-refractivity contribution in [3.05, 3.63) is 140 Å². The third-order valence-corrected chi connectivity index (χ3v) is 13.3. The second-order valence-electron chi connectivity index (χ2n) is 13.7. The van der Waals surface area contributed by atoms with Crippen molar-refractivity contribution in [2.45, 2.75) is 0 Å². The van der Waals surface area contributed by atoms with E-state index < -0.39 is 0 Å². The van der Waals surface area contributed by atoms with Crippen molar-refractivity contribution in [2.24, 2.45) is 0 Å². The van der Waals surface area contributed by atoms with Crippen LogP contribution in [0.5, 0.6) is 0 Å². The summed E-state index contributed by atoms with van der Waals surface area (Å²) in [4.78, 5) is 64.7. The van der Waals surface area contributed by atoms with E-state index in [4.69, 9.17) is 9.97 Å². The zero-order valence-corrected chi connectivity index (χ0v) is 30.5. The Bertz CT molecular complexity index is 3200. The van der Waals surface area contributed by atoms with Crippen LogP contribution in [-0.4, -0.2) is 41.8 Å². The van der Waals surface area contributed by atoms with Crippen molar-refractivity contribution in [2.75, 3.05) is 0 Å². The lowest BCUT2D eigenvalue weighted by molar-refractivity contribution is 0.0975. The molecule has 0 aliphatic heterocycles. The first-order valence-electron chi connectivity index (χ1n) is 17.3. The molecule has 0 saturated carbocycles. The SMILES string of the molecule is O=C1C(=Cc2nc3c4nsnc4c4nc(C=C5C(=O)c6cc7cc8ccccc8cc7cc6C5=O)sc4c3s2)C(=O)c2cc3cc4ccccc4cc3cc21. The predicted octanol–water partition coefficient (Wildman–Crippen LogP) is 10.4. The molecule has 0 fully saturated rings. The van der Waals surface area contributed by atoms with Crippen molar-refractivity contribution >= 4 is 144 Å². The Morgan fingerprint density at radius 3 is 1.05 bits per heavy atom. The van der Waals surface area contributed by atoms with Gasteiger partial charge < -0.3 is 0 Å². The van der Waals surface area contributed by atoms with Gasteiger partial charge in [-0.15, -0.1) is 22.7 Å². The van der Waals surface area contributed by atoms with Crippen molar-refractivity contribution in [3.8, 4) is 0 Å². The highest BCUT2D eigenvalue weighted by molar-refractivity contribution is 7.27. The first-order valence-corrected chi connectivity index (χ1v) is 19.6. The number of hydrogen-bond acceptors (Lipinski definition) is 11. The van der Waals surface area contributed by atoms with E-state index in [1.807, 2.05) is 72.8 Å². The molecule has 0 unspecified atom stereocenters. The smallest absolute Gasteiger partial charge is 0.197 e. The van der Waals surface area contributed by atoms with E-state index in [0.29, 0.717) is 54.3 Å². The summed E-state index contributed by atoms with van der Waals surface area (Å²) in [5, 5.41) is 8.75. The monoisotopic (exact) mass is 762 g/mol. The zero-order chi connectivity index (χ0) is 36.7. The summed E-state index contributed by atoms with van der Waals surface area (Å²) < 4.78 is 10.6. The fourth-order valence-corrected chi connectivity index (χ4v) is 10.7. The fraction of sp³-hybridized carbons (Fsp3) is 0. The maximum atomic E-state index is 13.7. The number of nitrogens with zero attached hydrogens (tertiary/aromatic N) is 4. The molecule has 256 valence electrons. The van der Waals surface area contributed by atoms with Crippen LogP contribution in [0.15, 0.2) is 108 Å². The van der Waals surface area contributed by atoms with Gasteiger partial charge in [-0.3, -0.25) is 19.2 Å². The number of Topliss-reactive ketones (excluding diaryl/α,β-unsaturated/α-hetero) is 4. The summed E-state index contributed by atoms with van der Waals surface area (Å²) >= 11 is 3.69. The molecule has 11 heteroatoms. The van der Waals surface area contributed by atoms with Crippen LogP contribution in [0.25, 0.3) is 86.7 Å². The predicted molar refractivity (Wildman–Crippen MR) is 220 cm³/mol. The van der Waals surface area contributed by atoms with Crippen molar-refractivity contribution in [1.29, 1.82) is 0 Å². The van der Waals surface area contributed by atoms with Gasteiger partial charge in [-0.25, -0.2) is 9.97 Å². The van der Waals surface area contributed by atoms with Gasteiger partial charge in [-0.1, -0.05) is 48.5 Å².